The highest BCUT2D eigenvalue weighted by molar-refractivity contribution is 9.10. The molecule has 0 saturated heterocycles. The number of rotatable bonds is 4. The molecule has 0 radical (unpaired) electrons. The Labute approximate surface area is 122 Å². The van der Waals surface area contributed by atoms with Gasteiger partial charge < -0.3 is 10.1 Å². The van der Waals surface area contributed by atoms with Gasteiger partial charge in [-0.25, -0.2) is 0 Å². The maximum absolute atomic E-state index is 5.85. The Morgan fingerprint density at radius 2 is 2.11 bits per heavy atom. The summed E-state index contributed by atoms with van der Waals surface area (Å²) in [6.45, 7) is 4.05. The zero-order valence-electron chi connectivity index (χ0n) is 11.3. The van der Waals surface area contributed by atoms with Crippen LogP contribution in [0.25, 0.3) is 0 Å². The van der Waals surface area contributed by atoms with Crippen molar-refractivity contribution >= 4 is 15.9 Å². The van der Waals surface area contributed by atoms with E-state index in [0.717, 1.165) is 21.7 Å². The third-order valence-electron chi connectivity index (χ3n) is 3.06. The Kier molecular flexibility index (Phi) is 4.56. The molecule has 0 amide bonds. The van der Waals surface area contributed by atoms with E-state index in [1.165, 1.54) is 5.56 Å². The standard InChI is InChI=1S/C15H17BrN2O/c1-10(17-3)13-7-6-12(9-14(13)16)19-15-5-4-8-18-11(15)2/h4-10,17H,1-3H3. The third-order valence-corrected chi connectivity index (χ3v) is 3.74. The zero-order valence-corrected chi connectivity index (χ0v) is 12.9. The van der Waals surface area contributed by atoms with Crippen LogP contribution in [0.1, 0.15) is 24.2 Å². The molecule has 1 aromatic carbocycles. The maximum Gasteiger partial charge on any atom is 0.148 e. The SMILES string of the molecule is CNC(C)c1ccc(Oc2cccnc2C)cc1Br. The van der Waals surface area contributed by atoms with Crippen LogP contribution < -0.4 is 10.1 Å². The van der Waals surface area contributed by atoms with E-state index < -0.39 is 0 Å². The van der Waals surface area contributed by atoms with Crippen molar-refractivity contribution in [1.29, 1.82) is 0 Å². The minimum atomic E-state index is 0.295. The fourth-order valence-electron chi connectivity index (χ4n) is 1.78. The normalized spacial score (nSPS) is 12.2. The van der Waals surface area contributed by atoms with Gasteiger partial charge in [-0.1, -0.05) is 22.0 Å². The fourth-order valence-corrected chi connectivity index (χ4v) is 2.48. The summed E-state index contributed by atoms with van der Waals surface area (Å²) in [7, 11) is 1.94. The van der Waals surface area contributed by atoms with E-state index in [-0.39, 0.29) is 0 Å². The monoisotopic (exact) mass is 320 g/mol. The van der Waals surface area contributed by atoms with Gasteiger partial charge in [0, 0.05) is 16.7 Å². The van der Waals surface area contributed by atoms with E-state index in [0.29, 0.717) is 6.04 Å². The lowest BCUT2D eigenvalue weighted by molar-refractivity contribution is 0.474. The topological polar surface area (TPSA) is 34.1 Å². The lowest BCUT2D eigenvalue weighted by atomic mass is 10.1. The second-order valence-electron chi connectivity index (χ2n) is 4.38. The Balaban J connectivity index is 2.24. The molecule has 0 fully saturated rings. The van der Waals surface area contributed by atoms with Gasteiger partial charge >= 0.3 is 0 Å². The van der Waals surface area contributed by atoms with Gasteiger partial charge in [-0.15, -0.1) is 0 Å². The van der Waals surface area contributed by atoms with Crippen molar-refractivity contribution in [3.05, 3.63) is 52.3 Å². The van der Waals surface area contributed by atoms with Gasteiger partial charge in [0.15, 0.2) is 0 Å². The van der Waals surface area contributed by atoms with Crippen molar-refractivity contribution in [3.63, 3.8) is 0 Å². The Morgan fingerprint density at radius 1 is 1.32 bits per heavy atom. The first-order valence-electron chi connectivity index (χ1n) is 6.18. The maximum atomic E-state index is 5.85. The van der Waals surface area contributed by atoms with Crippen molar-refractivity contribution in [3.8, 4) is 11.5 Å². The van der Waals surface area contributed by atoms with Crippen LogP contribution in [0, 0.1) is 6.92 Å². The average Bonchev–Trinajstić information content (AvgIpc) is 2.41. The second-order valence-corrected chi connectivity index (χ2v) is 5.24. The van der Waals surface area contributed by atoms with Crippen molar-refractivity contribution < 1.29 is 4.74 Å². The zero-order chi connectivity index (χ0) is 13.8. The highest BCUT2D eigenvalue weighted by atomic mass is 79.9. The summed E-state index contributed by atoms with van der Waals surface area (Å²) in [5.74, 6) is 1.58. The number of pyridine rings is 1. The Hall–Kier alpha value is -1.39. The minimum absolute atomic E-state index is 0.295. The van der Waals surface area contributed by atoms with Gasteiger partial charge in [0.2, 0.25) is 0 Å². The summed E-state index contributed by atoms with van der Waals surface area (Å²) in [4.78, 5) is 4.21. The van der Waals surface area contributed by atoms with Crippen molar-refractivity contribution in [2.75, 3.05) is 7.05 Å². The van der Waals surface area contributed by atoms with Gasteiger partial charge in [-0.05, 0) is 50.7 Å². The molecule has 19 heavy (non-hydrogen) atoms. The number of nitrogens with zero attached hydrogens (tertiary/aromatic N) is 1. The van der Waals surface area contributed by atoms with E-state index in [4.69, 9.17) is 4.74 Å². The number of nitrogens with one attached hydrogen (secondary N) is 1. The lowest BCUT2D eigenvalue weighted by Crippen LogP contribution is -2.12. The molecule has 1 N–H and O–H groups in total. The molecule has 1 heterocycles. The van der Waals surface area contributed by atoms with Gasteiger partial charge in [0.05, 0.1) is 5.69 Å². The molecule has 2 rings (SSSR count). The predicted molar refractivity (Wildman–Crippen MR) is 80.7 cm³/mol. The van der Waals surface area contributed by atoms with Gasteiger partial charge in [-0.2, -0.15) is 0 Å². The number of halogens is 1. The molecular formula is C15H17BrN2O. The van der Waals surface area contributed by atoms with E-state index in [1.807, 2.05) is 38.2 Å². The Morgan fingerprint density at radius 3 is 2.74 bits per heavy atom. The third kappa shape index (κ3) is 3.33. The molecule has 0 bridgehead atoms. The molecular weight excluding hydrogens is 304 g/mol. The first-order chi connectivity index (χ1) is 9.11. The van der Waals surface area contributed by atoms with Crippen LogP contribution in [0.15, 0.2) is 41.0 Å². The highest BCUT2D eigenvalue weighted by Crippen LogP contribution is 2.30. The summed E-state index contributed by atoms with van der Waals surface area (Å²) in [5, 5.41) is 3.22. The molecule has 3 nitrogen and oxygen atoms in total. The van der Waals surface area contributed by atoms with Crippen molar-refractivity contribution in [2.24, 2.45) is 0 Å². The van der Waals surface area contributed by atoms with Crippen molar-refractivity contribution in [1.82, 2.24) is 10.3 Å². The molecule has 1 unspecified atom stereocenters. The molecule has 0 aliphatic heterocycles. The quantitative estimate of drug-likeness (QED) is 0.915. The molecule has 0 aliphatic rings. The summed E-state index contributed by atoms with van der Waals surface area (Å²) in [6, 6.07) is 10.1. The number of hydrogen-bond acceptors (Lipinski definition) is 3. The minimum Gasteiger partial charge on any atom is -0.455 e. The molecule has 0 aliphatic carbocycles. The van der Waals surface area contributed by atoms with E-state index in [1.54, 1.807) is 6.20 Å². The summed E-state index contributed by atoms with van der Waals surface area (Å²) >= 11 is 3.58. The van der Waals surface area contributed by atoms with Crippen LogP contribution in [0.3, 0.4) is 0 Å². The van der Waals surface area contributed by atoms with Crippen LogP contribution >= 0.6 is 15.9 Å². The van der Waals surface area contributed by atoms with Crippen LogP contribution in [0.2, 0.25) is 0 Å². The largest absolute Gasteiger partial charge is 0.455 e. The number of benzene rings is 1. The van der Waals surface area contributed by atoms with Gasteiger partial charge in [0.25, 0.3) is 0 Å². The number of aromatic nitrogens is 1. The molecule has 2 aromatic rings. The van der Waals surface area contributed by atoms with Crippen LogP contribution in [0.4, 0.5) is 0 Å². The second kappa shape index (κ2) is 6.17. The van der Waals surface area contributed by atoms with Crippen molar-refractivity contribution in [2.45, 2.75) is 19.9 Å². The lowest BCUT2D eigenvalue weighted by Gasteiger charge is -2.14. The number of ether oxygens (including phenoxy) is 1. The number of hydrogen-bond donors (Lipinski definition) is 1. The summed E-state index contributed by atoms with van der Waals surface area (Å²) in [6.07, 6.45) is 1.76. The summed E-state index contributed by atoms with van der Waals surface area (Å²) in [5.41, 5.74) is 2.09. The van der Waals surface area contributed by atoms with E-state index in [2.05, 4.69) is 39.2 Å². The summed E-state index contributed by atoms with van der Waals surface area (Å²) < 4.78 is 6.88. The van der Waals surface area contributed by atoms with Crippen LogP contribution in [-0.4, -0.2) is 12.0 Å². The van der Waals surface area contributed by atoms with Gasteiger partial charge in [-0.3, -0.25) is 4.98 Å². The van der Waals surface area contributed by atoms with Crippen LogP contribution in [-0.2, 0) is 0 Å². The molecule has 1 aromatic heterocycles. The predicted octanol–water partition coefficient (Wildman–Crippen LogP) is 4.23. The highest BCUT2D eigenvalue weighted by Gasteiger charge is 2.09. The molecule has 100 valence electrons. The fraction of sp³-hybridized carbons (Fsp3) is 0.267. The van der Waals surface area contributed by atoms with E-state index in [9.17, 15) is 0 Å². The molecule has 0 spiro atoms. The molecule has 4 heteroatoms. The molecule has 1 atom stereocenters. The first kappa shape index (κ1) is 14.0. The first-order valence-corrected chi connectivity index (χ1v) is 6.97. The smallest absolute Gasteiger partial charge is 0.148 e. The van der Waals surface area contributed by atoms with Crippen LogP contribution in [0.5, 0.6) is 11.5 Å². The average molecular weight is 321 g/mol. The van der Waals surface area contributed by atoms with E-state index >= 15 is 0 Å². The van der Waals surface area contributed by atoms with Gasteiger partial charge in [0.1, 0.15) is 11.5 Å². The Bertz CT molecular complexity index is 572. The number of aryl methyl sites for hydroxylation is 1. The molecule has 0 saturated carbocycles.